The van der Waals surface area contributed by atoms with E-state index in [1.807, 2.05) is 12.1 Å². The van der Waals surface area contributed by atoms with Gasteiger partial charge in [-0.15, -0.1) is 0 Å². The second-order valence-corrected chi connectivity index (χ2v) is 7.09. The Morgan fingerprint density at radius 3 is 2.45 bits per heavy atom. The molecule has 1 aliphatic rings. The first-order valence-corrected chi connectivity index (χ1v) is 8.80. The summed E-state index contributed by atoms with van der Waals surface area (Å²) in [6, 6.07) is 13.4. The third kappa shape index (κ3) is 2.77. The van der Waals surface area contributed by atoms with E-state index in [0.29, 0.717) is 5.56 Å². The van der Waals surface area contributed by atoms with Crippen molar-refractivity contribution in [2.45, 2.75) is 32.0 Å². The Morgan fingerprint density at radius 2 is 1.82 bits per heavy atom. The summed E-state index contributed by atoms with van der Waals surface area (Å²) in [7, 11) is 0. The first-order valence-electron chi connectivity index (χ1n) is 7.68. The average Bonchev–Trinajstić information content (AvgIpc) is 2.86. The fourth-order valence-corrected chi connectivity index (χ4v) is 3.62. The van der Waals surface area contributed by atoms with Crippen molar-refractivity contribution in [1.82, 2.24) is 0 Å². The molecular weight excluding hydrogens is 339 g/mol. The zero-order valence-electron chi connectivity index (χ0n) is 13.0. The van der Waals surface area contributed by atoms with Crippen LogP contribution in [-0.4, -0.2) is 0 Å². The lowest BCUT2D eigenvalue weighted by Crippen LogP contribution is -2.10. The quantitative estimate of drug-likeness (QED) is 0.542. The monoisotopic (exact) mass is 358 g/mol. The summed E-state index contributed by atoms with van der Waals surface area (Å²) in [4.78, 5) is 0. The molecule has 0 bridgehead atoms. The molecule has 0 spiro atoms. The van der Waals surface area contributed by atoms with Gasteiger partial charge >= 0.3 is 0 Å². The van der Waals surface area contributed by atoms with E-state index in [1.165, 1.54) is 22.8 Å². The molecule has 0 aliphatic heterocycles. The van der Waals surface area contributed by atoms with E-state index in [1.54, 1.807) is 6.07 Å². The summed E-state index contributed by atoms with van der Waals surface area (Å²) in [6.07, 6.45) is 4.56. The third-order valence-corrected chi connectivity index (χ3v) is 5.19. The first kappa shape index (κ1) is 15.5. The van der Waals surface area contributed by atoms with E-state index in [-0.39, 0.29) is 11.2 Å². The van der Waals surface area contributed by atoms with Crippen LogP contribution in [0, 0.1) is 11.2 Å². The van der Waals surface area contributed by atoms with Crippen molar-refractivity contribution in [2.75, 3.05) is 0 Å². The van der Waals surface area contributed by atoms with Crippen molar-refractivity contribution in [3.8, 4) is 11.1 Å². The van der Waals surface area contributed by atoms with Crippen LogP contribution in [0.3, 0.4) is 0 Å². The molecule has 0 unspecified atom stereocenters. The number of halogens is 2. The molecule has 2 aromatic carbocycles. The van der Waals surface area contributed by atoms with Gasteiger partial charge in [0.05, 0.1) is 0 Å². The summed E-state index contributed by atoms with van der Waals surface area (Å²) in [5, 5.41) is 0.811. The van der Waals surface area contributed by atoms with Crippen molar-refractivity contribution in [3.63, 3.8) is 0 Å². The van der Waals surface area contributed by atoms with E-state index in [9.17, 15) is 4.39 Å². The minimum atomic E-state index is -0.160. The van der Waals surface area contributed by atoms with E-state index in [2.05, 4.69) is 54.1 Å². The number of benzene rings is 2. The van der Waals surface area contributed by atoms with Gasteiger partial charge in [-0.2, -0.15) is 0 Å². The van der Waals surface area contributed by atoms with Crippen LogP contribution in [0.1, 0.15) is 37.8 Å². The van der Waals surface area contributed by atoms with E-state index in [0.717, 1.165) is 23.7 Å². The van der Waals surface area contributed by atoms with Crippen LogP contribution in [0.5, 0.6) is 0 Å². The predicted molar refractivity (Wildman–Crippen MR) is 95.5 cm³/mol. The van der Waals surface area contributed by atoms with Gasteiger partial charge in [0.1, 0.15) is 5.82 Å². The van der Waals surface area contributed by atoms with Crippen molar-refractivity contribution < 1.29 is 4.39 Å². The Hall–Kier alpha value is -1.41. The standard InChI is InChI=1S/C20H20BrF/c1-20(2)11-5-7-18(20)17-12-14(13-21)9-10-15(17)16-6-3-4-8-19(16)22/h3-4,6-10,12H,5,11,13H2,1-2H3. The molecule has 0 atom stereocenters. The largest absolute Gasteiger partial charge is 0.206 e. The Labute approximate surface area is 140 Å². The summed E-state index contributed by atoms with van der Waals surface area (Å²) >= 11 is 3.53. The molecule has 1 aliphatic carbocycles. The molecule has 0 N–H and O–H groups in total. The van der Waals surface area contributed by atoms with E-state index in [4.69, 9.17) is 0 Å². The van der Waals surface area contributed by atoms with Crippen LogP contribution in [0.4, 0.5) is 4.39 Å². The summed E-state index contributed by atoms with van der Waals surface area (Å²) < 4.78 is 14.3. The highest BCUT2D eigenvalue weighted by molar-refractivity contribution is 9.08. The van der Waals surface area contributed by atoms with Gasteiger partial charge in [-0.05, 0) is 46.6 Å². The number of rotatable bonds is 3. The number of alkyl halides is 1. The highest BCUT2D eigenvalue weighted by Crippen LogP contribution is 2.47. The van der Waals surface area contributed by atoms with Gasteiger partial charge in [0, 0.05) is 10.9 Å². The molecule has 2 aromatic rings. The molecule has 0 fully saturated rings. The van der Waals surface area contributed by atoms with Gasteiger partial charge in [-0.3, -0.25) is 0 Å². The Kier molecular flexibility index (Phi) is 4.22. The van der Waals surface area contributed by atoms with Gasteiger partial charge < -0.3 is 0 Å². The summed E-state index contributed by atoms with van der Waals surface area (Å²) in [5.41, 5.74) is 5.55. The Morgan fingerprint density at radius 1 is 1.05 bits per heavy atom. The Balaban J connectivity index is 2.22. The molecule has 0 radical (unpaired) electrons. The van der Waals surface area contributed by atoms with E-state index < -0.39 is 0 Å². The zero-order valence-corrected chi connectivity index (χ0v) is 14.6. The van der Waals surface area contributed by atoms with Gasteiger partial charge in [0.15, 0.2) is 0 Å². The maximum Gasteiger partial charge on any atom is 0.131 e. The molecule has 0 saturated heterocycles. The summed E-state index contributed by atoms with van der Waals surface area (Å²) in [6.45, 7) is 4.55. The maximum absolute atomic E-state index is 14.3. The average molecular weight is 359 g/mol. The SMILES string of the molecule is CC1(C)CCC=C1c1cc(CBr)ccc1-c1ccccc1F. The van der Waals surface area contributed by atoms with Gasteiger partial charge in [-0.1, -0.05) is 72.3 Å². The van der Waals surface area contributed by atoms with Gasteiger partial charge in [0.2, 0.25) is 0 Å². The summed E-state index contributed by atoms with van der Waals surface area (Å²) in [5.74, 6) is -0.160. The molecule has 22 heavy (non-hydrogen) atoms. The molecule has 3 rings (SSSR count). The Bertz CT molecular complexity index is 728. The van der Waals surface area contributed by atoms with Crippen LogP contribution in [-0.2, 0) is 5.33 Å². The minimum absolute atomic E-state index is 0.144. The highest BCUT2D eigenvalue weighted by Gasteiger charge is 2.30. The van der Waals surface area contributed by atoms with Crippen LogP contribution in [0.2, 0.25) is 0 Å². The van der Waals surface area contributed by atoms with Gasteiger partial charge in [-0.25, -0.2) is 4.39 Å². The second-order valence-electron chi connectivity index (χ2n) is 6.53. The third-order valence-electron chi connectivity index (χ3n) is 4.54. The maximum atomic E-state index is 14.3. The molecule has 0 saturated carbocycles. The van der Waals surface area contributed by atoms with Crippen LogP contribution in [0.15, 0.2) is 48.5 Å². The normalized spacial score (nSPS) is 16.6. The van der Waals surface area contributed by atoms with Crippen LogP contribution < -0.4 is 0 Å². The molecule has 0 amide bonds. The second kappa shape index (κ2) is 6.00. The van der Waals surface area contributed by atoms with Crippen molar-refractivity contribution in [1.29, 1.82) is 0 Å². The van der Waals surface area contributed by atoms with Crippen LogP contribution >= 0.6 is 15.9 Å². The fraction of sp³-hybridized carbons (Fsp3) is 0.300. The topological polar surface area (TPSA) is 0 Å². The fourth-order valence-electron chi connectivity index (χ4n) is 3.27. The zero-order chi connectivity index (χ0) is 15.7. The molecule has 114 valence electrons. The number of hydrogen-bond donors (Lipinski definition) is 0. The first-order chi connectivity index (χ1) is 10.5. The molecule has 0 heterocycles. The predicted octanol–water partition coefficient (Wildman–Crippen LogP) is 6.59. The lowest BCUT2D eigenvalue weighted by molar-refractivity contribution is 0.487. The van der Waals surface area contributed by atoms with Crippen molar-refractivity contribution in [2.24, 2.45) is 5.41 Å². The van der Waals surface area contributed by atoms with E-state index >= 15 is 0 Å². The number of hydrogen-bond acceptors (Lipinski definition) is 0. The lowest BCUT2D eigenvalue weighted by atomic mass is 9.79. The number of allylic oxidation sites excluding steroid dienone is 2. The highest BCUT2D eigenvalue weighted by atomic mass is 79.9. The molecule has 2 heteroatoms. The van der Waals surface area contributed by atoms with Gasteiger partial charge in [0.25, 0.3) is 0 Å². The smallest absolute Gasteiger partial charge is 0.131 e. The van der Waals surface area contributed by atoms with Crippen molar-refractivity contribution >= 4 is 21.5 Å². The van der Waals surface area contributed by atoms with Crippen LogP contribution in [0.25, 0.3) is 16.7 Å². The molecular formula is C20H20BrF. The lowest BCUT2D eigenvalue weighted by Gasteiger charge is -2.25. The molecule has 0 aromatic heterocycles. The van der Waals surface area contributed by atoms with Crippen molar-refractivity contribution in [3.05, 3.63) is 65.5 Å². The molecule has 0 nitrogen and oxygen atoms in total. The minimum Gasteiger partial charge on any atom is -0.206 e.